The molecule has 4 rings (SSSR count). The molecule has 0 N–H and O–H groups in total. The van der Waals surface area contributed by atoms with Crippen LogP contribution in [-0.4, -0.2) is 40.5 Å². The SMILES string of the molecule is COc1ccc(C[C@H]2COC(=O)[C@@H]2Cc2ccc(OCCc3ccccc3F)c(OC)c2)cc1OC. The fourth-order valence-corrected chi connectivity index (χ4v) is 4.55. The zero-order valence-corrected chi connectivity index (χ0v) is 20.8. The first kappa shape index (κ1) is 25.4. The van der Waals surface area contributed by atoms with Crippen LogP contribution in [0.15, 0.2) is 60.7 Å². The van der Waals surface area contributed by atoms with Crippen molar-refractivity contribution in [2.75, 3.05) is 34.5 Å². The molecule has 1 aliphatic rings. The number of carbonyl (C=O) groups excluding carboxylic acids is 1. The van der Waals surface area contributed by atoms with E-state index in [1.54, 1.807) is 39.5 Å². The molecule has 0 spiro atoms. The van der Waals surface area contributed by atoms with Crippen LogP contribution in [0.5, 0.6) is 23.0 Å². The van der Waals surface area contributed by atoms with E-state index in [1.165, 1.54) is 6.07 Å². The number of hydrogen-bond donors (Lipinski definition) is 0. The second-order valence-corrected chi connectivity index (χ2v) is 8.77. The Bertz CT molecular complexity index is 1190. The summed E-state index contributed by atoms with van der Waals surface area (Å²) in [6.07, 6.45) is 1.66. The molecule has 7 heteroatoms. The molecule has 0 saturated carbocycles. The van der Waals surface area contributed by atoms with Crippen molar-refractivity contribution in [2.24, 2.45) is 11.8 Å². The van der Waals surface area contributed by atoms with Gasteiger partial charge in [-0.2, -0.15) is 0 Å². The van der Waals surface area contributed by atoms with Crippen LogP contribution in [0.1, 0.15) is 16.7 Å². The van der Waals surface area contributed by atoms with Gasteiger partial charge >= 0.3 is 5.97 Å². The molecule has 0 unspecified atom stereocenters. The molecule has 3 aromatic carbocycles. The first-order valence-electron chi connectivity index (χ1n) is 11.9. The largest absolute Gasteiger partial charge is 0.493 e. The Hall–Kier alpha value is -3.74. The summed E-state index contributed by atoms with van der Waals surface area (Å²) in [6.45, 7) is 0.700. The first-order valence-corrected chi connectivity index (χ1v) is 11.9. The van der Waals surface area contributed by atoms with Gasteiger partial charge in [-0.3, -0.25) is 4.79 Å². The Morgan fingerprint density at radius 1 is 0.833 bits per heavy atom. The monoisotopic (exact) mass is 494 g/mol. The predicted molar refractivity (Wildman–Crippen MR) is 133 cm³/mol. The topological polar surface area (TPSA) is 63.2 Å². The number of halogens is 1. The van der Waals surface area contributed by atoms with Gasteiger partial charge in [0.2, 0.25) is 0 Å². The van der Waals surface area contributed by atoms with Crippen LogP contribution < -0.4 is 18.9 Å². The third-order valence-electron chi connectivity index (χ3n) is 6.53. The van der Waals surface area contributed by atoms with Crippen LogP contribution in [0.25, 0.3) is 0 Å². The fraction of sp³-hybridized carbons (Fsp3) is 0.345. The molecule has 1 heterocycles. The van der Waals surface area contributed by atoms with Crippen LogP contribution in [-0.2, 0) is 28.8 Å². The number of rotatable bonds is 11. The smallest absolute Gasteiger partial charge is 0.309 e. The molecule has 0 amide bonds. The van der Waals surface area contributed by atoms with Gasteiger partial charge in [0.05, 0.1) is 40.5 Å². The third kappa shape index (κ3) is 5.90. The summed E-state index contributed by atoms with van der Waals surface area (Å²) >= 11 is 0. The standard InChI is InChI=1S/C29H31FO6/c1-32-25-10-8-19(16-27(25)33-2)14-22-18-36-29(31)23(22)15-20-9-11-26(28(17-20)34-3)35-13-12-21-6-4-5-7-24(21)30/h4-11,16-17,22-23H,12-15,18H2,1-3H3/t22-,23+/m0/s1. The Labute approximate surface area is 210 Å². The second kappa shape index (κ2) is 11.8. The van der Waals surface area contributed by atoms with Gasteiger partial charge in [0.15, 0.2) is 23.0 Å². The van der Waals surface area contributed by atoms with E-state index >= 15 is 0 Å². The summed E-state index contributed by atoms with van der Waals surface area (Å²) in [7, 11) is 4.78. The van der Waals surface area contributed by atoms with Crippen LogP contribution in [0.4, 0.5) is 4.39 Å². The second-order valence-electron chi connectivity index (χ2n) is 8.77. The van der Waals surface area contributed by atoms with Crippen LogP contribution in [0.2, 0.25) is 0 Å². The fourth-order valence-electron chi connectivity index (χ4n) is 4.55. The van der Waals surface area contributed by atoms with Gasteiger partial charge < -0.3 is 23.7 Å². The van der Waals surface area contributed by atoms with Gasteiger partial charge in [0, 0.05) is 12.3 Å². The highest BCUT2D eigenvalue weighted by molar-refractivity contribution is 5.75. The lowest BCUT2D eigenvalue weighted by atomic mass is 9.85. The highest BCUT2D eigenvalue weighted by atomic mass is 19.1. The van der Waals surface area contributed by atoms with E-state index in [1.807, 2.05) is 36.4 Å². The number of methoxy groups -OCH3 is 3. The van der Waals surface area contributed by atoms with E-state index in [-0.39, 0.29) is 23.6 Å². The molecule has 0 bridgehead atoms. The summed E-state index contributed by atoms with van der Waals surface area (Å²) < 4.78 is 41.4. The molecule has 3 aromatic rings. The Morgan fingerprint density at radius 2 is 1.47 bits per heavy atom. The average Bonchev–Trinajstić information content (AvgIpc) is 3.24. The van der Waals surface area contributed by atoms with Crippen LogP contribution >= 0.6 is 0 Å². The van der Waals surface area contributed by atoms with E-state index in [0.717, 1.165) is 11.1 Å². The molecule has 2 atom stereocenters. The van der Waals surface area contributed by atoms with Crippen molar-refractivity contribution in [3.8, 4) is 23.0 Å². The number of hydrogen-bond acceptors (Lipinski definition) is 6. The maximum Gasteiger partial charge on any atom is 0.309 e. The molecule has 36 heavy (non-hydrogen) atoms. The molecule has 6 nitrogen and oxygen atoms in total. The van der Waals surface area contributed by atoms with E-state index in [9.17, 15) is 9.18 Å². The van der Waals surface area contributed by atoms with Crippen molar-refractivity contribution >= 4 is 5.97 Å². The highest BCUT2D eigenvalue weighted by Crippen LogP contribution is 2.35. The maximum atomic E-state index is 13.9. The number of benzene rings is 3. The molecule has 1 aliphatic heterocycles. The lowest BCUT2D eigenvalue weighted by molar-refractivity contribution is -0.141. The minimum atomic E-state index is -0.268. The zero-order chi connectivity index (χ0) is 25.5. The van der Waals surface area contributed by atoms with Crippen molar-refractivity contribution < 1.29 is 32.9 Å². The van der Waals surface area contributed by atoms with Gasteiger partial charge in [-0.1, -0.05) is 30.3 Å². The van der Waals surface area contributed by atoms with Gasteiger partial charge in [-0.15, -0.1) is 0 Å². The molecular weight excluding hydrogens is 463 g/mol. The number of ether oxygens (including phenoxy) is 5. The van der Waals surface area contributed by atoms with Crippen molar-refractivity contribution in [1.82, 2.24) is 0 Å². The molecule has 0 radical (unpaired) electrons. The number of esters is 1. The summed E-state index contributed by atoms with van der Waals surface area (Å²) in [5.74, 6) is 1.82. The van der Waals surface area contributed by atoms with Gasteiger partial charge in [0.25, 0.3) is 0 Å². The number of carbonyl (C=O) groups is 1. The van der Waals surface area contributed by atoms with Crippen LogP contribution in [0.3, 0.4) is 0 Å². The molecule has 1 saturated heterocycles. The minimum absolute atomic E-state index is 0.0401. The number of cyclic esters (lactones) is 1. The average molecular weight is 495 g/mol. The predicted octanol–water partition coefficient (Wildman–Crippen LogP) is 5.05. The minimum Gasteiger partial charge on any atom is -0.493 e. The molecule has 0 aromatic heterocycles. The summed E-state index contributed by atoms with van der Waals surface area (Å²) in [5.41, 5.74) is 2.61. The van der Waals surface area contributed by atoms with Crippen molar-refractivity contribution in [3.63, 3.8) is 0 Å². The molecule has 0 aliphatic carbocycles. The van der Waals surface area contributed by atoms with E-state index in [0.29, 0.717) is 61.0 Å². The molecule has 190 valence electrons. The highest BCUT2D eigenvalue weighted by Gasteiger charge is 2.37. The zero-order valence-electron chi connectivity index (χ0n) is 20.8. The Morgan fingerprint density at radius 3 is 2.17 bits per heavy atom. The van der Waals surface area contributed by atoms with Crippen molar-refractivity contribution in [1.29, 1.82) is 0 Å². The Balaban J connectivity index is 1.41. The van der Waals surface area contributed by atoms with E-state index in [2.05, 4.69) is 0 Å². The quantitative estimate of drug-likeness (QED) is 0.348. The van der Waals surface area contributed by atoms with Gasteiger partial charge in [-0.05, 0) is 59.9 Å². The van der Waals surface area contributed by atoms with Crippen molar-refractivity contribution in [2.45, 2.75) is 19.3 Å². The third-order valence-corrected chi connectivity index (χ3v) is 6.53. The van der Waals surface area contributed by atoms with Gasteiger partial charge in [0.1, 0.15) is 5.82 Å². The maximum absolute atomic E-state index is 13.9. The van der Waals surface area contributed by atoms with E-state index < -0.39 is 0 Å². The molecular formula is C29H31FO6. The first-order chi connectivity index (χ1) is 17.5. The normalized spacial score (nSPS) is 16.9. The van der Waals surface area contributed by atoms with Crippen molar-refractivity contribution in [3.05, 3.63) is 83.2 Å². The lowest BCUT2D eigenvalue weighted by Gasteiger charge is -2.18. The lowest BCUT2D eigenvalue weighted by Crippen LogP contribution is -2.20. The summed E-state index contributed by atoms with van der Waals surface area (Å²) in [5, 5.41) is 0. The van der Waals surface area contributed by atoms with Crippen LogP contribution in [0, 0.1) is 17.7 Å². The summed E-state index contributed by atoms with van der Waals surface area (Å²) in [6, 6.07) is 18.1. The molecule has 1 fully saturated rings. The van der Waals surface area contributed by atoms with E-state index in [4.69, 9.17) is 23.7 Å². The summed E-state index contributed by atoms with van der Waals surface area (Å²) in [4.78, 5) is 12.6. The Kier molecular flexibility index (Phi) is 8.31. The van der Waals surface area contributed by atoms with Gasteiger partial charge in [-0.25, -0.2) is 4.39 Å².